The second-order valence-electron chi connectivity index (χ2n) is 6.81. The fourth-order valence-corrected chi connectivity index (χ4v) is 4.41. The molecule has 1 fully saturated rings. The lowest BCUT2D eigenvalue weighted by atomic mass is 9.90. The van der Waals surface area contributed by atoms with Gasteiger partial charge in [0.05, 0.1) is 0 Å². The van der Waals surface area contributed by atoms with Crippen LogP contribution in [0.5, 0.6) is 11.5 Å². The van der Waals surface area contributed by atoms with E-state index in [0.29, 0.717) is 37.1 Å². The highest BCUT2D eigenvalue weighted by Crippen LogP contribution is 2.35. The van der Waals surface area contributed by atoms with Crippen LogP contribution < -0.4 is 14.8 Å². The number of ether oxygens (including phenoxy) is 2. The van der Waals surface area contributed by atoms with E-state index in [-0.39, 0.29) is 5.91 Å². The molecule has 4 rings (SSSR count). The Morgan fingerprint density at radius 2 is 1.92 bits per heavy atom. The van der Waals surface area contributed by atoms with E-state index in [1.165, 1.54) is 43.4 Å². The molecule has 1 aromatic heterocycles. The summed E-state index contributed by atoms with van der Waals surface area (Å²) in [6.45, 7) is 1.15. The predicted molar refractivity (Wildman–Crippen MR) is 100 cm³/mol. The largest absolute Gasteiger partial charge is 0.486 e. The molecule has 6 nitrogen and oxygen atoms in total. The molecule has 1 N–H and O–H groups in total. The maximum Gasteiger partial charge on any atom is 0.226 e. The second kappa shape index (κ2) is 8.03. The van der Waals surface area contributed by atoms with Gasteiger partial charge in [0.1, 0.15) is 18.2 Å². The van der Waals surface area contributed by atoms with E-state index in [9.17, 15) is 4.79 Å². The van der Waals surface area contributed by atoms with Crippen molar-refractivity contribution in [3.63, 3.8) is 0 Å². The van der Waals surface area contributed by atoms with Gasteiger partial charge in [-0.05, 0) is 37.0 Å². The van der Waals surface area contributed by atoms with Crippen LogP contribution >= 0.6 is 11.3 Å². The molecule has 0 radical (unpaired) electrons. The number of aromatic nitrogens is 2. The zero-order chi connectivity index (χ0) is 17.8. The number of anilines is 1. The van der Waals surface area contributed by atoms with Gasteiger partial charge in [0.15, 0.2) is 11.5 Å². The average molecular weight is 373 g/mol. The van der Waals surface area contributed by atoms with Crippen molar-refractivity contribution in [2.24, 2.45) is 0 Å². The number of nitrogens with zero attached hydrogens (tertiary/aromatic N) is 2. The zero-order valence-electron chi connectivity index (χ0n) is 14.7. The van der Waals surface area contributed by atoms with E-state index in [1.807, 2.05) is 18.2 Å². The fraction of sp³-hybridized carbons (Fsp3) is 0.526. The third kappa shape index (κ3) is 4.15. The van der Waals surface area contributed by atoms with E-state index in [1.54, 1.807) is 0 Å². The van der Waals surface area contributed by atoms with Crippen molar-refractivity contribution in [2.45, 2.75) is 50.9 Å². The number of amides is 1. The Labute approximate surface area is 156 Å². The number of nitrogens with one attached hydrogen (secondary N) is 1. The molecular formula is C19H23N3O3S. The average Bonchev–Trinajstić information content (AvgIpc) is 3.15. The first-order valence-electron chi connectivity index (χ1n) is 9.30. The third-order valence-corrected chi connectivity index (χ3v) is 5.89. The van der Waals surface area contributed by atoms with E-state index < -0.39 is 0 Å². The molecule has 2 aliphatic rings. The molecule has 1 aromatic carbocycles. The van der Waals surface area contributed by atoms with E-state index in [0.717, 1.165) is 22.1 Å². The highest BCUT2D eigenvalue weighted by Gasteiger charge is 2.20. The van der Waals surface area contributed by atoms with Crippen LogP contribution in [0.15, 0.2) is 18.2 Å². The van der Waals surface area contributed by atoms with Crippen molar-refractivity contribution in [1.29, 1.82) is 0 Å². The summed E-state index contributed by atoms with van der Waals surface area (Å²) in [6, 6.07) is 5.84. The smallest absolute Gasteiger partial charge is 0.226 e. The minimum atomic E-state index is -0.0359. The maximum atomic E-state index is 12.2. The van der Waals surface area contributed by atoms with E-state index in [4.69, 9.17) is 9.47 Å². The van der Waals surface area contributed by atoms with Crippen LogP contribution in [0.25, 0.3) is 0 Å². The molecule has 0 atom stereocenters. The molecule has 0 bridgehead atoms. The van der Waals surface area contributed by atoms with Gasteiger partial charge in [-0.25, -0.2) is 0 Å². The van der Waals surface area contributed by atoms with Gasteiger partial charge in [-0.3, -0.25) is 4.79 Å². The third-order valence-electron chi connectivity index (χ3n) is 4.89. The van der Waals surface area contributed by atoms with Crippen molar-refractivity contribution in [3.8, 4) is 11.5 Å². The van der Waals surface area contributed by atoms with Crippen molar-refractivity contribution in [2.75, 3.05) is 18.5 Å². The van der Waals surface area contributed by atoms with Gasteiger partial charge in [0.2, 0.25) is 11.0 Å². The fourth-order valence-electron chi connectivity index (χ4n) is 3.48. The number of rotatable bonds is 5. The summed E-state index contributed by atoms with van der Waals surface area (Å²) in [4.78, 5) is 12.2. The van der Waals surface area contributed by atoms with Crippen LogP contribution in [0.4, 0.5) is 5.13 Å². The summed E-state index contributed by atoms with van der Waals surface area (Å²) in [5, 5.41) is 13.0. The number of benzene rings is 1. The van der Waals surface area contributed by atoms with E-state index >= 15 is 0 Å². The van der Waals surface area contributed by atoms with Crippen LogP contribution in [0.3, 0.4) is 0 Å². The highest BCUT2D eigenvalue weighted by molar-refractivity contribution is 7.15. The van der Waals surface area contributed by atoms with Crippen molar-refractivity contribution < 1.29 is 14.3 Å². The van der Waals surface area contributed by atoms with Crippen LogP contribution in [0.1, 0.15) is 55.0 Å². The summed E-state index contributed by atoms with van der Waals surface area (Å²) in [6.07, 6.45) is 7.27. The molecule has 2 heterocycles. The molecule has 1 saturated carbocycles. The zero-order valence-corrected chi connectivity index (χ0v) is 15.5. The van der Waals surface area contributed by atoms with Gasteiger partial charge in [-0.15, -0.1) is 10.2 Å². The molecule has 1 aliphatic heterocycles. The lowest BCUT2D eigenvalue weighted by molar-refractivity contribution is -0.116. The summed E-state index contributed by atoms with van der Waals surface area (Å²) >= 11 is 1.52. The topological polar surface area (TPSA) is 73.3 Å². The Balaban J connectivity index is 1.29. The summed E-state index contributed by atoms with van der Waals surface area (Å²) in [5.41, 5.74) is 1.06. The molecule has 26 heavy (non-hydrogen) atoms. The van der Waals surface area contributed by atoms with Crippen LogP contribution in [0, 0.1) is 0 Å². The quantitative estimate of drug-likeness (QED) is 0.860. The number of hydrogen-bond donors (Lipinski definition) is 1. The molecule has 0 saturated heterocycles. The van der Waals surface area contributed by atoms with Crippen molar-refractivity contribution in [3.05, 3.63) is 28.8 Å². The van der Waals surface area contributed by atoms with Gasteiger partial charge in [-0.1, -0.05) is 36.7 Å². The Kier molecular flexibility index (Phi) is 5.34. The van der Waals surface area contributed by atoms with Gasteiger partial charge in [0.25, 0.3) is 0 Å². The van der Waals surface area contributed by atoms with Gasteiger partial charge in [0, 0.05) is 12.3 Å². The number of fused-ring (bicyclic) bond motifs is 1. The number of aryl methyl sites for hydroxylation is 1. The van der Waals surface area contributed by atoms with Crippen molar-refractivity contribution in [1.82, 2.24) is 10.2 Å². The Bertz CT molecular complexity index is 771. The first kappa shape index (κ1) is 17.3. The lowest BCUT2D eigenvalue weighted by Crippen LogP contribution is -2.15. The number of carbonyl (C=O) groups excluding carboxylic acids is 1. The molecule has 7 heteroatoms. The first-order valence-corrected chi connectivity index (χ1v) is 10.1. The minimum Gasteiger partial charge on any atom is -0.486 e. The lowest BCUT2D eigenvalue weighted by Gasteiger charge is -2.18. The SMILES string of the molecule is O=C(CCc1ccc2c(c1)OCCO2)Nc1nnc(C2CCCCC2)s1. The first-order chi connectivity index (χ1) is 12.8. The normalized spacial score (nSPS) is 17.1. The number of hydrogen-bond acceptors (Lipinski definition) is 6. The maximum absolute atomic E-state index is 12.2. The Hall–Kier alpha value is -2.15. The van der Waals surface area contributed by atoms with Crippen LogP contribution in [-0.4, -0.2) is 29.3 Å². The van der Waals surface area contributed by atoms with E-state index in [2.05, 4.69) is 15.5 Å². The van der Waals surface area contributed by atoms with Crippen LogP contribution in [0.2, 0.25) is 0 Å². The monoisotopic (exact) mass is 373 g/mol. The predicted octanol–water partition coefficient (Wildman–Crippen LogP) is 3.93. The Morgan fingerprint density at radius 1 is 1.12 bits per heavy atom. The second-order valence-corrected chi connectivity index (χ2v) is 7.82. The van der Waals surface area contributed by atoms with Gasteiger partial charge in [-0.2, -0.15) is 0 Å². The highest BCUT2D eigenvalue weighted by atomic mass is 32.1. The van der Waals surface area contributed by atoms with Crippen molar-refractivity contribution >= 4 is 22.4 Å². The standard InChI is InChI=1S/C19H23N3O3S/c23-17(9-7-13-6-8-15-16(12-13)25-11-10-24-15)20-19-22-21-18(26-19)14-4-2-1-3-5-14/h6,8,12,14H,1-5,7,9-11H2,(H,20,22,23). The molecule has 2 aromatic rings. The van der Waals surface area contributed by atoms with Gasteiger partial charge < -0.3 is 14.8 Å². The molecule has 1 aliphatic carbocycles. The molecule has 0 spiro atoms. The summed E-state index contributed by atoms with van der Waals surface area (Å²) in [7, 11) is 0. The Morgan fingerprint density at radius 3 is 2.77 bits per heavy atom. The molecular weight excluding hydrogens is 350 g/mol. The van der Waals surface area contributed by atoms with Gasteiger partial charge >= 0.3 is 0 Å². The number of carbonyl (C=O) groups is 1. The molecule has 0 unspecified atom stereocenters. The minimum absolute atomic E-state index is 0.0359. The summed E-state index contributed by atoms with van der Waals surface area (Å²) < 4.78 is 11.1. The molecule has 138 valence electrons. The van der Waals surface area contributed by atoms with Crippen LogP contribution in [-0.2, 0) is 11.2 Å². The molecule has 1 amide bonds. The summed E-state index contributed by atoms with van der Waals surface area (Å²) in [5.74, 6) is 2.01.